The maximum Gasteiger partial charge on any atom is 0.289 e. The number of halogens is 2. The maximum absolute atomic E-state index is 13.4. The third kappa shape index (κ3) is 6.38. The predicted octanol–water partition coefficient (Wildman–Crippen LogP) is 3.35. The summed E-state index contributed by atoms with van der Waals surface area (Å²) in [5.41, 5.74) is 0.992. The van der Waals surface area contributed by atoms with Crippen LogP contribution in [0.3, 0.4) is 0 Å². The number of aliphatic hydroxyl groups is 1. The van der Waals surface area contributed by atoms with Crippen LogP contribution in [0, 0.1) is 5.92 Å². The van der Waals surface area contributed by atoms with Crippen molar-refractivity contribution in [3.8, 4) is 0 Å². The smallest absolute Gasteiger partial charge is 0.289 e. The average Bonchev–Trinajstić information content (AvgIpc) is 3.06. The Balaban J connectivity index is 1.69. The molecule has 1 N–H and O–H groups in total. The fourth-order valence-corrected chi connectivity index (χ4v) is 4.09. The lowest BCUT2D eigenvalue weighted by molar-refractivity contribution is -0.128. The van der Waals surface area contributed by atoms with Crippen molar-refractivity contribution in [2.45, 2.75) is 26.8 Å². The second-order valence-electron chi connectivity index (χ2n) is 8.67. The van der Waals surface area contributed by atoms with Crippen molar-refractivity contribution in [2.24, 2.45) is 5.92 Å². The summed E-state index contributed by atoms with van der Waals surface area (Å²) in [6.07, 6.45) is 0.801. The van der Waals surface area contributed by atoms with Gasteiger partial charge in [-0.2, -0.15) is 0 Å². The summed E-state index contributed by atoms with van der Waals surface area (Å²) in [7, 11) is 0. The SMILES string of the molecule is CC(C)CCN(Cc1ccc(Cl)c(Cl)c1)C(=O)C1=C(O)C(=O)N(CCN2CCOCC2)C1. The van der Waals surface area contributed by atoms with E-state index < -0.39 is 11.7 Å². The molecule has 176 valence electrons. The number of morpholine rings is 1. The number of ether oxygens (including phenoxy) is 1. The molecule has 1 saturated heterocycles. The molecule has 1 aromatic carbocycles. The topological polar surface area (TPSA) is 73.3 Å². The van der Waals surface area contributed by atoms with Gasteiger partial charge >= 0.3 is 0 Å². The normalized spacial score (nSPS) is 17.5. The second kappa shape index (κ2) is 11.4. The Labute approximate surface area is 199 Å². The lowest BCUT2D eigenvalue weighted by Crippen LogP contribution is -2.42. The van der Waals surface area contributed by atoms with Crippen molar-refractivity contribution in [1.29, 1.82) is 0 Å². The molecule has 0 bridgehead atoms. The van der Waals surface area contributed by atoms with Crippen LogP contribution in [0.2, 0.25) is 10.0 Å². The molecule has 0 aliphatic carbocycles. The molecule has 0 unspecified atom stereocenters. The molecule has 0 spiro atoms. The van der Waals surface area contributed by atoms with E-state index in [-0.39, 0.29) is 18.0 Å². The molecular formula is C23H31Cl2N3O4. The van der Waals surface area contributed by atoms with Gasteiger partial charge < -0.3 is 19.6 Å². The Morgan fingerprint density at radius 2 is 1.91 bits per heavy atom. The van der Waals surface area contributed by atoms with E-state index in [1.54, 1.807) is 17.0 Å². The minimum absolute atomic E-state index is 0.118. The first-order chi connectivity index (χ1) is 15.3. The van der Waals surface area contributed by atoms with Gasteiger partial charge in [-0.3, -0.25) is 14.5 Å². The second-order valence-corrected chi connectivity index (χ2v) is 9.48. The summed E-state index contributed by atoms with van der Waals surface area (Å²) >= 11 is 12.2. The highest BCUT2D eigenvalue weighted by atomic mass is 35.5. The zero-order chi connectivity index (χ0) is 23.3. The highest BCUT2D eigenvalue weighted by Gasteiger charge is 2.36. The highest BCUT2D eigenvalue weighted by Crippen LogP contribution is 2.25. The molecule has 2 aliphatic heterocycles. The van der Waals surface area contributed by atoms with E-state index in [9.17, 15) is 14.7 Å². The summed E-state index contributed by atoms with van der Waals surface area (Å²) in [5, 5.41) is 11.4. The number of nitrogens with zero attached hydrogens (tertiary/aromatic N) is 3. The predicted molar refractivity (Wildman–Crippen MR) is 125 cm³/mol. The van der Waals surface area contributed by atoms with E-state index in [4.69, 9.17) is 27.9 Å². The van der Waals surface area contributed by atoms with Crippen LogP contribution in [-0.4, -0.2) is 84.1 Å². The van der Waals surface area contributed by atoms with Crippen molar-refractivity contribution in [2.75, 3.05) is 52.5 Å². The molecule has 7 nitrogen and oxygen atoms in total. The molecule has 0 aromatic heterocycles. The van der Waals surface area contributed by atoms with Crippen LogP contribution in [0.4, 0.5) is 0 Å². The zero-order valence-corrected chi connectivity index (χ0v) is 20.2. The molecule has 1 fully saturated rings. The van der Waals surface area contributed by atoms with Crippen molar-refractivity contribution in [3.63, 3.8) is 0 Å². The molecule has 2 aliphatic rings. The lowest BCUT2D eigenvalue weighted by atomic mass is 10.1. The van der Waals surface area contributed by atoms with Crippen LogP contribution >= 0.6 is 23.2 Å². The van der Waals surface area contributed by atoms with Crippen LogP contribution in [0.5, 0.6) is 0 Å². The minimum Gasteiger partial charge on any atom is -0.503 e. The van der Waals surface area contributed by atoms with Crippen LogP contribution in [0.25, 0.3) is 0 Å². The van der Waals surface area contributed by atoms with Crippen LogP contribution in [0.1, 0.15) is 25.8 Å². The molecule has 3 rings (SSSR count). The van der Waals surface area contributed by atoms with E-state index in [1.807, 2.05) is 6.07 Å². The number of amides is 2. The minimum atomic E-state index is -0.486. The molecular weight excluding hydrogens is 453 g/mol. The van der Waals surface area contributed by atoms with E-state index in [2.05, 4.69) is 18.7 Å². The van der Waals surface area contributed by atoms with Gasteiger partial charge in [0, 0.05) is 39.3 Å². The highest BCUT2D eigenvalue weighted by molar-refractivity contribution is 6.42. The zero-order valence-electron chi connectivity index (χ0n) is 18.6. The van der Waals surface area contributed by atoms with Gasteiger partial charge in [0.2, 0.25) is 0 Å². The van der Waals surface area contributed by atoms with Gasteiger partial charge in [-0.15, -0.1) is 0 Å². The quantitative estimate of drug-likeness (QED) is 0.582. The Morgan fingerprint density at radius 3 is 2.56 bits per heavy atom. The van der Waals surface area contributed by atoms with E-state index >= 15 is 0 Å². The Bertz CT molecular complexity index is 869. The number of carbonyl (C=O) groups excluding carboxylic acids is 2. The van der Waals surface area contributed by atoms with Crippen molar-refractivity contribution >= 4 is 35.0 Å². The van der Waals surface area contributed by atoms with Crippen LogP contribution in [0.15, 0.2) is 29.5 Å². The Hall–Kier alpha value is -1.80. The Morgan fingerprint density at radius 1 is 1.19 bits per heavy atom. The van der Waals surface area contributed by atoms with Gasteiger partial charge in [-0.05, 0) is 30.0 Å². The van der Waals surface area contributed by atoms with Gasteiger partial charge in [0.1, 0.15) is 0 Å². The summed E-state index contributed by atoms with van der Waals surface area (Å²) in [6, 6.07) is 5.27. The van der Waals surface area contributed by atoms with Gasteiger partial charge in [0.15, 0.2) is 5.76 Å². The third-order valence-corrected chi connectivity index (χ3v) is 6.53. The van der Waals surface area contributed by atoms with Crippen molar-refractivity contribution in [1.82, 2.24) is 14.7 Å². The monoisotopic (exact) mass is 483 g/mol. The first-order valence-corrected chi connectivity index (χ1v) is 11.8. The molecule has 32 heavy (non-hydrogen) atoms. The van der Waals surface area contributed by atoms with E-state index in [1.165, 1.54) is 4.90 Å². The van der Waals surface area contributed by atoms with Crippen LogP contribution < -0.4 is 0 Å². The van der Waals surface area contributed by atoms with Crippen molar-refractivity contribution < 1.29 is 19.4 Å². The molecule has 2 heterocycles. The number of carbonyl (C=O) groups is 2. The molecule has 0 saturated carbocycles. The molecule has 1 aromatic rings. The molecule has 2 amide bonds. The maximum atomic E-state index is 13.4. The first-order valence-electron chi connectivity index (χ1n) is 11.0. The molecule has 0 radical (unpaired) electrons. The van der Waals surface area contributed by atoms with E-state index in [0.29, 0.717) is 55.4 Å². The number of hydrogen-bond donors (Lipinski definition) is 1. The summed E-state index contributed by atoms with van der Waals surface area (Å²) in [4.78, 5) is 31.4. The summed E-state index contributed by atoms with van der Waals surface area (Å²) in [6.45, 7) is 9.27. The fourth-order valence-electron chi connectivity index (χ4n) is 3.77. The van der Waals surface area contributed by atoms with Gasteiger partial charge in [0.05, 0.1) is 35.4 Å². The summed E-state index contributed by atoms with van der Waals surface area (Å²) in [5.74, 6) is -0.853. The van der Waals surface area contributed by atoms with Gasteiger partial charge in [0.25, 0.3) is 11.8 Å². The van der Waals surface area contributed by atoms with E-state index in [0.717, 1.165) is 25.1 Å². The number of aliphatic hydroxyl groups excluding tert-OH is 1. The fraction of sp³-hybridized carbons (Fsp3) is 0.565. The van der Waals surface area contributed by atoms with Crippen LogP contribution in [-0.2, 0) is 20.9 Å². The number of rotatable bonds is 9. The standard InChI is InChI=1S/C23H31Cl2N3O4/c1-16(2)5-6-27(14-17-3-4-19(24)20(25)13-17)22(30)18-15-28(23(31)21(18)29)8-7-26-9-11-32-12-10-26/h3-4,13,16,29H,5-12,14-15H2,1-2H3. The molecule has 9 heteroatoms. The third-order valence-electron chi connectivity index (χ3n) is 5.79. The van der Waals surface area contributed by atoms with Gasteiger partial charge in [-0.1, -0.05) is 43.1 Å². The molecule has 0 atom stereocenters. The summed E-state index contributed by atoms with van der Waals surface area (Å²) < 4.78 is 5.35. The average molecular weight is 484 g/mol. The van der Waals surface area contributed by atoms with Crippen molar-refractivity contribution in [3.05, 3.63) is 45.1 Å². The first kappa shape index (κ1) is 24.8. The number of hydrogen-bond acceptors (Lipinski definition) is 5. The lowest BCUT2D eigenvalue weighted by Gasteiger charge is -2.28. The van der Waals surface area contributed by atoms with Gasteiger partial charge in [-0.25, -0.2) is 0 Å². The largest absolute Gasteiger partial charge is 0.503 e. The Kier molecular flexibility index (Phi) is 8.82. The number of benzene rings is 1.